The van der Waals surface area contributed by atoms with E-state index in [9.17, 15) is 13.6 Å². The Kier molecular flexibility index (Phi) is 5.87. The van der Waals surface area contributed by atoms with Crippen LogP contribution >= 0.6 is 0 Å². The fraction of sp³-hybridized carbons (Fsp3) is 0.261. The molecule has 10 heteroatoms. The number of carbonyl (C=O) groups is 1. The number of anilines is 1. The number of halogens is 2. The number of pyridine rings is 1. The molecule has 3 heterocycles. The maximum Gasteiger partial charge on any atom is 0.246 e. The number of hydrogen-bond donors (Lipinski definition) is 1. The van der Waals surface area contributed by atoms with Crippen molar-refractivity contribution < 1.29 is 23.0 Å². The summed E-state index contributed by atoms with van der Waals surface area (Å²) >= 11 is 0. The van der Waals surface area contributed by atoms with Crippen molar-refractivity contribution in [3.8, 4) is 23.3 Å². The van der Waals surface area contributed by atoms with Gasteiger partial charge in [0, 0.05) is 25.4 Å². The van der Waals surface area contributed by atoms with Gasteiger partial charge in [0.1, 0.15) is 17.1 Å². The Morgan fingerprint density at radius 2 is 1.97 bits per heavy atom. The zero-order valence-corrected chi connectivity index (χ0v) is 18.1. The summed E-state index contributed by atoms with van der Waals surface area (Å²) in [6.07, 6.45) is 3.48. The molecule has 0 saturated carbocycles. The number of aromatic nitrogens is 3. The number of likely N-dealkylation sites (tertiary alicyclic amines) is 1. The van der Waals surface area contributed by atoms with Crippen LogP contribution in [0.1, 0.15) is 23.7 Å². The van der Waals surface area contributed by atoms with Gasteiger partial charge in [0.15, 0.2) is 23.1 Å². The smallest absolute Gasteiger partial charge is 0.246 e. The van der Waals surface area contributed by atoms with Crippen LogP contribution in [0.4, 0.5) is 14.6 Å². The van der Waals surface area contributed by atoms with Crippen LogP contribution in [0.25, 0.3) is 10.9 Å². The maximum absolute atomic E-state index is 14.7. The Morgan fingerprint density at radius 3 is 2.61 bits per heavy atom. The second-order valence-corrected chi connectivity index (χ2v) is 7.35. The Balaban J connectivity index is 1.82. The third-order valence-corrected chi connectivity index (χ3v) is 5.52. The number of methoxy groups -OCH3 is 2. The van der Waals surface area contributed by atoms with E-state index in [1.807, 2.05) is 0 Å². The number of nitrogens with two attached hydrogens (primary N) is 1. The fourth-order valence-electron chi connectivity index (χ4n) is 3.87. The molecule has 1 aliphatic rings. The molecule has 170 valence electrons. The number of amides is 1. The molecule has 1 unspecified atom stereocenters. The molecule has 1 saturated heterocycles. The van der Waals surface area contributed by atoms with Crippen molar-refractivity contribution in [3.05, 3.63) is 53.9 Å². The summed E-state index contributed by atoms with van der Waals surface area (Å²) in [5, 5.41) is 5.03. The lowest BCUT2D eigenvalue weighted by Gasteiger charge is -2.15. The van der Waals surface area contributed by atoms with Gasteiger partial charge >= 0.3 is 0 Å². The number of ether oxygens (including phenoxy) is 2. The Morgan fingerprint density at radius 1 is 1.27 bits per heavy atom. The third kappa shape index (κ3) is 3.82. The van der Waals surface area contributed by atoms with Gasteiger partial charge in [-0.15, -0.1) is 0 Å². The van der Waals surface area contributed by atoms with Crippen LogP contribution in [0.5, 0.6) is 11.5 Å². The highest BCUT2D eigenvalue weighted by molar-refractivity contribution is 5.93. The topological polar surface area (TPSA) is 95.5 Å². The van der Waals surface area contributed by atoms with E-state index >= 15 is 0 Å². The SMILES string of the molecule is C=CC(=O)N1CCC(n2nc(C#Cc3c(F)c(OC)cc(OC)c3F)c3c(N)nccc32)C1. The van der Waals surface area contributed by atoms with Gasteiger partial charge in [-0.25, -0.2) is 13.8 Å². The van der Waals surface area contributed by atoms with Gasteiger partial charge in [-0.2, -0.15) is 5.10 Å². The van der Waals surface area contributed by atoms with E-state index in [4.69, 9.17) is 15.2 Å². The van der Waals surface area contributed by atoms with Crippen LogP contribution in [-0.2, 0) is 4.79 Å². The predicted molar refractivity (Wildman–Crippen MR) is 118 cm³/mol. The first-order valence-corrected chi connectivity index (χ1v) is 10.1. The lowest BCUT2D eigenvalue weighted by Crippen LogP contribution is -2.27. The molecule has 8 nitrogen and oxygen atoms in total. The molecule has 1 aromatic carbocycles. The van der Waals surface area contributed by atoms with Crippen molar-refractivity contribution in [2.24, 2.45) is 0 Å². The van der Waals surface area contributed by atoms with E-state index in [-0.39, 0.29) is 35.0 Å². The van der Waals surface area contributed by atoms with Crippen LogP contribution < -0.4 is 15.2 Å². The molecule has 33 heavy (non-hydrogen) atoms. The van der Waals surface area contributed by atoms with Crippen molar-refractivity contribution in [3.63, 3.8) is 0 Å². The van der Waals surface area contributed by atoms with Crippen LogP contribution in [0.2, 0.25) is 0 Å². The van der Waals surface area contributed by atoms with Crippen LogP contribution in [0.15, 0.2) is 31.0 Å². The quantitative estimate of drug-likeness (QED) is 0.482. The zero-order chi connectivity index (χ0) is 23.7. The van der Waals surface area contributed by atoms with Gasteiger partial charge in [-0.3, -0.25) is 9.48 Å². The summed E-state index contributed by atoms with van der Waals surface area (Å²) in [4.78, 5) is 17.8. The van der Waals surface area contributed by atoms with Crippen molar-refractivity contribution >= 4 is 22.6 Å². The molecular formula is C23H21F2N5O3. The number of nitrogen functional groups attached to an aromatic ring is 1. The van der Waals surface area contributed by atoms with Gasteiger partial charge < -0.3 is 20.1 Å². The summed E-state index contributed by atoms with van der Waals surface area (Å²) in [6, 6.07) is 2.72. The Bertz CT molecular complexity index is 1300. The minimum Gasteiger partial charge on any atom is -0.493 e. The van der Waals surface area contributed by atoms with Crippen LogP contribution in [0, 0.1) is 23.5 Å². The lowest BCUT2D eigenvalue weighted by molar-refractivity contribution is -0.125. The summed E-state index contributed by atoms with van der Waals surface area (Å²) in [5.74, 6) is 2.96. The summed E-state index contributed by atoms with van der Waals surface area (Å²) < 4.78 is 41.1. The molecule has 0 spiro atoms. The average Bonchev–Trinajstić information content (AvgIpc) is 3.44. The van der Waals surface area contributed by atoms with E-state index in [0.717, 1.165) is 6.07 Å². The molecule has 3 aromatic rings. The Labute approximate surface area is 188 Å². The Hall–Kier alpha value is -4.13. The van der Waals surface area contributed by atoms with Gasteiger partial charge in [-0.05, 0) is 24.5 Å². The molecule has 0 aliphatic carbocycles. The number of rotatable bonds is 4. The monoisotopic (exact) mass is 453 g/mol. The van der Waals surface area contributed by atoms with Crippen molar-refractivity contribution in [1.82, 2.24) is 19.7 Å². The minimum atomic E-state index is -0.951. The second kappa shape index (κ2) is 8.78. The highest BCUT2D eigenvalue weighted by atomic mass is 19.1. The first kappa shape index (κ1) is 22.1. The molecule has 2 N–H and O–H groups in total. The first-order valence-electron chi connectivity index (χ1n) is 10.1. The molecule has 1 fully saturated rings. The van der Waals surface area contributed by atoms with E-state index in [2.05, 4.69) is 28.5 Å². The molecule has 0 bridgehead atoms. The van der Waals surface area contributed by atoms with Gasteiger partial charge in [0.05, 0.1) is 31.2 Å². The number of hydrogen-bond acceptors (Lipinski definition) is 6. The van der Waals surface area contributed by atoms with Gasteiger partial charge in [0.25, 0.3) is 0 Å². The van der Waals surface area contributed by atoms with Crippen LogP contribution in [-0.4, -0.2) is 52.9 Å². The average molecular weight is 453 g/mol. The van der Waals surface area contributed by atoms with E-state index < -0.39 is 17.2 Å². The van der Waals surface area contributed by atoms with Crippen molar-refractivity contribution in [2.75, 3.05) is 33.0 Å². The second-order valence-electron chi connectivity index (χ2n) is 7.35. The molecule has 4 rings (SSSR count). The molecule has 1 atom stereocenters. The third-order valence-electron chi connectivity index (χ3n) is 5.52. The summed E-state index contributed by atoms with van der Waals surface area (Å²) in [7, 11) is 2.52. The van der Waals surface area contributed by atoms with Crippen molar-refractivity contribution in [2.45, 2.75) is 12.5 Å². The first-order chi connectivity index (χ1) is 15.9. The standard InChI is InChI=1S/C23H21F2N5O3/c1-4-19(31)29-10-8-13(12-29)30-16-7-9-27-23(26)20(16)15(28-30)6-5-14-21(24)17(32-2)11-18(33-3)22(14)25/h4,7,9,11,13H,1,8,10,12H2,2-3H3,(H2,26,27). The fourth-order valence-corrected chi connectivity index (χ4v) is 3.87. The number of benzene rings is 1. The highest BCUT2D eigenvalue weighted by Gasteiger charge is 2.29. The summed E-state index contributed by atoms with van der Waals surface area (Å²) in [5.41, 5.74) is 6.45. The van der Waals surface area contributed by atoms with E-state index in [1.54, 1.807) is 21.8 Å². The number of nitrogens with zero attached hydrogens (tertiary/aromatic N) is 4. The number of carbonyl (C=O) groups excluding carboxylic acids is 1. The molecule has 2 aromatic heterocycles. The lowest BCUT2D eigenvalue weighted by atomic mass is 10.1. The largest absolute Gasteiger partial charge is 0.493 e. The zero-order valence-electron chi connectivity index (χ0n) is 18.1. The van der Waals surface area contributed by atoms with Gasteiger partial charge in [0.2, 0.25) is 5.91 Å². The van der Waals surface area contributed by atoms with E-state index in [1.165, 1.54) is 20.3 Å². The van der Waals surface area contributed by atoms with Gasteiger partial charge in [-0.1, -0.05) is 12.5 Å². The normalized spacial score (nSPS) is 15.3. The maximum atomic E-state index is 14.7. The van der Waals surface area contributed by atoms with Crippen molar-refractivity contribution in [1.29, 1.82) is 0 Å². The van der Waals surface area contributed by atoms with E-state index in [0.29, 0.717) is 30.4 Å². The van der Waals surface area contributed by atoms with Crippen LogP contribution in [0.3, 0.4) is 0 Å². The molecule has 1 amide bonds. The number of fused-ring (bicyclic) bond motifs is 1. The molecule has 0 radical (unpaired) electrons. The molecular weight excluding hydrogens is 432 g/mol. The molecule has 1 aliphatic heterocycles. The summed E-state index contributed by atoms with van der Waals surface area (Å²) in [6.45, 7) is 4.52. The highest BCUT2D eigenvalue weighted by Crippen LogP contribution is 2.32. The predicted octanol–water partition coefficient (Wildman–Crippen LogP) is 2.67. The minimum absolute atomic E-state index is 0.126.